The van der Waals surface area contributed by atoms with Gasteiger partial charge < -0.3 is 5.11 Å². The molecule has 0 spiro atoms. The predicted molar refractivity (Wildman–Crippen MR) is 75.1 cm³/mol. The summed E-state index contributed by atoms with van der Waals surface area (Å²) in [6.07, 6.45) is 1.91. The fourth-order valence-corrected chi connectivity index (χ4v) is 2.91. The Morgan fingerprint density at radius 2 is 1.72 bits per heavy atom. The molecule has 3 aromatic rings. The number of hydrogen-bond acceptors (Lipinski definition) is 3. The van der Waals surface area contributed by atoms with E-state index in [1.165, 1.54) is 15.3 Å². The molecule has 18 heavy (non-hydrogen) atoms. The second-order valence-electron chi connectivity index (χ2n) is 4.24. The van der Waals surface area contributed by atoms with Gasteiger partial charge in [-0.2, -0.15) is 0 Å². The fraction of sp³-hybridized carbons (Fsp3) is 0.133. The van der Waals surface area contributed by atoms with E-state index < -0.39 is 0 Å². The minimum Gasteiger partial charge on any atom is -0.508 e. The minimum atomic E-state index is 0.318. The van der Waals surface area contributed by atoms with Crippen LogP contribution in [0.15, 0.2) is 48.5 Å². The fourth-order valence-electron chi connectivity index (χ4n) is 1.94. The van der Waals surface area contributed by atoms with Crippen molar-refractivity contribution in [1.29, 1.82) is 0 Å². The molecule has 0 atom stereocenters. The summed E-state index contributed by atoms with van der Waals surface area (Å²) in [6.45, 7) is 0. The number of fused-ring (bicyclic) bond motifs is 1. The van der Waals surface area contributed by atoms with E-state index in [1.807, 2.05) is 24.3 Å². The van der Waals surface area contributed by atoms with Crippen LogP contribution in [0.25, 0.3) is 10.2 Å². The summed E-state index contributed by atoms with van der Waals surface area (Å²) in [7, 11) is 0. The molecule has 1 heterocycles. The van der Waals surface area contributed by atoms with Gasteiger partial charge in [0, 0.05) is 6.42 Å². The summed E-state index contributed by atoms with van der Waals surface area (Å²) in [5, 5.41) is 10.4. The molecular weight excluding hydrogens is 242 g/mol. The van der Waals surface area contributed by atoms with Crippen molar-refractivity contribution in [2.75, 3.05) is 0 Å². The lowest BCUT2D eigenvalue weighted by molar-refractivity contribution is 0.475. The zero-order valence-corrected chi connectivity index (χ0v) is 10.7. The molecule has 90 valence electrons. The number of aromatic hydroxyl groups is 1. The van der Waals surface area contributed by atoms with Gasteiger partial charge in [-0.25, -0.2) is 4.98 Å². The van der Waals surface area contributed by atoms with Crippen LogP contribution in [0.2, 0.25) is 0 Å². The maximum atomic E-state index is 9.23. The number of para-hydroxylation sites is 1. The lowest BCUT2D eigenvalue weighted by atomic mass is 10.1. The number of phenols is 1. The van der Waals surface area contributed by atoms with E-state index >= 15 is 0 Å². The van der Waals surface area contributed by atoms with Gasteiger partial charge in [0.25, 0.3) is 0 Å². The molecule has 0 unspecified atom stereocenters. The Hall–Kier alpha value is -1.87. The van der Waals surface area contributed by atoms with E-state index in [-0.39, 0.29) is 0 Å². The molecule has 0 saturated heterocycles. The van der Waals surface area contributed by atoms with Crippen molar-refractivity contribution in [1.82, 2.24) is 4.98 Å². The molecule has 0 aliphatic heterocycles. The van der Waals surface area contributed by atoms with E-state index in [0.29, 0.717) is 5.75 Å². The highest BCUT2D eigenvalue weighted by atomic mass is 32.1. The molecule has 0 amide bonds. The lowest BCUT2D eigenvalue weighted by Crippen LogP contribution is -1.89. The topological polar surface area (TPSA) is 33.1 Å². The van der Waals surface area contributed by atoms with Crippen LogP contribution in [0.1, 0.15) is 10.6 Å². The van der Waals surface area contributed by atoms with Crippen molar-refractivity contribution in [3.63, 3.8) is 0 Å². The molecule has 0 saturated carbocycles. The van der Waals surface area contributed by atoms with Gasteiger partial charge in [0.05, 0.1) is 15.2 Å². The molecule has 0 radical (unpaired) electrons. The summed E-state index contributed by atoms with van der Waals surface area (Å²) >= 11 is 1.76. The van der Waals surface area contributed by atoms with Crippen LogP contribution in [0.4, 0.5) is 0 Å². The predicted octanol–water partition coefficient (Wildman–Crippen LogP) is 3.79. The number of phenolic OH excluding ortho intramolecular Hbond substituents is 1. The van der Waals surface area contributed by atoms with Crippen LogP contribution in [0.5, 0.6) is 5.75 Å². The Balaban J connectivity index is 1.74. The van der Waals surface area contributed by atoms with E-state index in [1.54, 1.807) is 23.5 Å². The Labute approximate surface area is 110 Å². The first-order valence-corrected chi connectivity index (χ1v) is 6.75. The van der Waals surface area contributed by atoms with Crippen molar-refractivity contribution in [2.24, 2.45) is 0 Å². The average Bonchev–Trinajstić information content (AvgIpc) is 2.81. The summed E-state index contributed by atoms with van der Waals surface area (Å²) in [5.74, 6) is 0.318. The molecule has 3 heteroatoms. The first-order valence-electron chi connectivity index (χ1n) is 5.93. The first kappa shape index (κ1) is 11.2. The van der Waals surface area contributed by atoms with Crippen molar-refractivity contribution >= 4 is 21.6 Å². The summed E-state index contributed by atoms with van der Waals surface area (Å²) < 4.78 is 1.25. The molecule has 3 rings (SSSR count). The van der Waals surface area contributed by atoms with Crippen LogP contribution in [-0.2, 0) is 12.8 Å². The van der Waals surface area contributed by atoms with Crippen LogP contribution < -0.4 is 0 Å². The van der Waals surface area contributed by atoms with Gasteiger partial charge in [0.1, 0.15) is 5.75 Å². The molecule has 1 aromatic heterocycles. The largest absolute Gasteiger partial charge is 0.508 e. The number of nitrogens with zero attached hydrogens (tertiary/aromatic N) is 1. The Morgan fingerprint density at radius 3 is 2.50 bits per heavy atom. The molecule has 0 bridgehead atoms. The third kappa shape index (κ3) is 2.36. The maximum Gasteiger partial charge on any atom is 0.115 e. The normalized spacial score (nSPS) is 10.9. The smallest absolute Gasteiger partial charge is 0.115 e. The lowest BCUT2D eigenvalue weighted by Gasteiger charge is -1.99. The number of aromatic nitrogens is 1. The zero-order chi connectivity index (χ0) is 12.4. The molecular formula is C15H13NOS. The number of thiazole rings is 1. The van der Waals surface area contributed by atoms with Gasteiger partial charge in [-0.15, -0.1) is 11.3 Å². The van der Waals surface area contributed by atoms with Gasteiger partial charge in [-0.05, 0) is 36.2 Å². The summed E-state index contributed by atoms with van der Waals surface area (Å²) in [6, 6.07) is 15.6. The van der Waals surface area contributed by atoms with Crippen molar-refractivity contribution in [3.8, 4) is 5.75 Å². The number of rotatable bonds is 3. The third-order valence-electron chi connectivity index (χ3n) is 2.90. The highest BCUT2D eigenvalue weighted by Gasteiger charge is 2.03. The zero-order valence-electron chi connectivity index (χ0n) is 9.84. The van der Waals surface area contributed by atoms with E-state index in [9.17, 15) is 5.11 Å². The molecule has 0 aliphatic carbocycles. The van der Waals surface area contributed by atoms with Crippen LogP contribution >= 0.6 is 11.3 Å². The van der Waals surface area contributed by atoms with Crippen molar-refractivity contribution < 1.29 is 5.11 Å². The van der Waals surface area contributed by atoms with Crippen LogP contribution in [0.3, 0.4) is 0 Å². The Kier molecular flexibility index (Phi) is 2.99. The summed E-state index contributed by atoms with van der Waals surface area (Å²) in [4.78, 5) is 4.61. The first-order chi connectivity index (χ1) is 8.81. The average molecular weight is 255 g/mol. The van der Waals surface area contributed by atoms with Gasteiger partial charge in [0.15, 0.2) is 0 Å². The molecule has 1 N–H and O–H groups in total. The Bertz CT molecular complexity index is 625. The Morgan fingerprint density at radius 1 is 0.944 bits per heavy atom. The van der Waals surface area contributed by atoms with E-state index in [0.717, 1.165) is 18.4 Å². The third-order valence-corrected chi connectivity index (χ3v) is 4.00. The second kappa shape index (κ2) is 4.78. The maximum absolute atomic E-state index is 9.23. The molecule has 2 nitrogen and oxygen atoms in total. The summed E-state index contributed by atoms with van der Waals surface area (Å²) in [5.41, 5.74) is 2.32. The second-order valence-corrected chi connectivity index (χ2v) is 5.36. The molecule has 0 aliphatic rings. The number of aryl methyl sites for hydroxylation is 2. The van der Waals surface area contributed by atoms with Gasteiger partial charge in [0.2, 0.25) is 0 Å². The number of benzene rings is 2. The van der Waals surface area contributed by atoms with Crippen LogP contribution in [-0.4, -0.2) is 10.1 Å². The monoisotopic (exact) mass is 255 g/mol. The standard InChI is InChI=1S/C15H13NOS/c17-12-8-5-11(6-9-12)7-10-15-16-13-3-1-2-4-14(13)18-15/h1-6,8-9,17H,7,10H2. The van der Waals surface area contributed by atoms with E-state index in [4.69, 9.17) is 0 Å². The number of hydrogen-bond donors (Lipinski definition) is 1. The molecule has 2 aromatic carbocycles. The van der Waals surface area contributed by atoms with Gasteiger partial charge in [-0.1, -0.05) is 24.3 Å². The minimum absolute atomic E-state index is 0.318. The van der Waals surface area contributed by atoms with Crippen LogP contribution in [0, 0.1) is 0 Å². The van der Waals surface area contributed by atoms with Gasteiger partial charge in [-0.3, -0.25) is 0 Å². The van der Waals surface area contributed by atoms with E-state index in [2.05, 4.69) is 17.1 Å². The SMILES string of the molecule is Oc1ccc(CCc2nc3ccccc3s2)cc1. The highest BCUT2D eigenvalue weighted by molar-refractivity contribution is 7.18. The van der Waals surface area contributed by atoms with Crippen molar-refractivity contribution in [2.45, 2.75) is 12.8 Å². The van der Waals surface area contributed by atoms with Crippen molar-refractivity contribution in [3.05, 3.63) is 59.1 Å². The molecule has 0 fully saturated rings. The highest BCUT2D eigenvalue weighted by Crippen LogP contribution is 2.22. The quantitative estimate of drug-likeness (QED) is 0.772. The van der Waals surface area contributed by atoms with Gasteiger partial charge >= 0.3 is 0 Å².